The van der Waals surface area contributed by atoms with Crippen molar-refractivity contribution in [3.63, 3.8) is 0 Å². The molecule has 1 aliphatic rings. The van der Waals surface area contributed by atoms with Gasteiger partial charge in [0.25, 0.3) is 0 Å². The lowest BCUT2D eigenvalue weighted by Gasteiger charge is -2.22. The Morgan fingerprint density at radius 1 is 1.69 bits per heavy atom. The van der Waals surface area contributed by atoms with Crippen LogP contribution in [0.5, 0.6) is 0 Å². The largest absolute Gasteiger partial charge is 0.385 e. The number of aromatic nitrogens is 2. The highest BCUT2D eigenvalue weighted by Crippen LogP contribution is 2.28. The summed E-state index contributed by atoms with van der Waals surface area (Å²) in [4.78, 5) is 14.5. The highest BCUT2D eigenvalue weighted by atomic mass is 16.6. The molecule has 0 saturated heterocycles. The van der Waals surface area contributed by atoms with E-state index in [0.717, 1.165) is 37.4 Å². The third kappa shape index (κ3) is 1.80. The SMILES string of the molecule is CNCC1CCn2c(C)nc([N+](=O)[O-])c2C1. The van der Waals surface area contributed by atoms with Crippen molar-refractivity contribution in [3.05, 3.63) is 21.6 Å². The lowest BCUT2D eigenvalue weighted by atomic mass is 9.96. The van der Waals surface area contributed by atoms with Gasteiger partial charge in [-0.05, 0) is 35.8 Å². The molecule has 16 heavy (non-hydrogen) atoms. The van der Waals surface area contributed by atoms with Crippen LogP contribution in [0.3, 0.4) is 0 Å². The van der Waals surface area contributed by atoms with E-state index in [1.807, 2.05) is 18.5 Å². The van der Waals surface area contributed by atoms with Gasteiger partial charge in [0.2, 0.25) is 5.82 Å². The first-order valence-electron chi connectivity index (χ1n) is 5.48. The van der Waals surface area contributed by atoms with Crippen molar-refractivity contribution in [2.45, 2.75) is 26.3 Å². The molecule has 1 aromatic heterocycles. The van der Waals surface area contributed by atoms with Crippen LogP contribution in [0.4, 0.5) is 5.82 Å². The zero-order chi connectivity index (χ0) is 11.7. The lowest BCUT2D eigenvalue weighted by Crippen LogP contribution is -2.27. The molecular weight excluding hydrogens is 208 g/mol. The van der Waals surface area contributed by atoms with Crippen LogP contribution in [0.15, 0.2) is 0 Å². The molecule has 0 amide bonds. The number of aryl methyl sites for hydroxylation is 1. The van der Waals surface area contributed by atoms with Gasteiger partial charge in [0.05, 0.1) is 0 Å². The predicted octanol–water partition coefficient (Wildman–Crippen LogP) is 0.882. The molecule has 1 aromatic rings. The molecule has 2 heterocycles. The van der Waals surface area contributed by atoms with E-state index in [1.54, 1.807) is 0 Å². The van der Waals surface area contributed by atoms with E-state index in [1.165, 1.54) is 0 Å². The Bertz CT molecular complexity index is 413. The van der Waals surface area contributed by atoms with Gasteiger partial charge in [-0.1, -0.05) is 0 Å². The van der Waals surface area contributed by atoms with Crippen LogP contribution < -0.4 is 5.32 Å². The number of rotatable bonds is 3. The molecule has 1 unspecified atom stereocenters. The zero-order valence-corrected chi connectivity index (χ0v) is 9.56. The molecule has 1 atom stereocenters. The quantitative estimate of drug-likeness (QED) is 0.611. The predicted molar refractivity (Wildman–Crippen MR) is 59.4 cm³/mol. The van der Waals surface area contributed by atoms with Crippen molar-refractivity contribution in [2.75, 3.05) is 13.6 Å². The van der Waals surface area contributed by atoms with Gasteiger partial charge in [-0.25, -0.2) is 0 Å². The summed E-state index contributed by atoms with van der Waals surface area (Å²) < 4.78 is 1.98. The van der Waals surface area contributed by atoms with Crippen molar-refractivity contribution in [3.8, 4) is 0 Å². The molecular formula is C10H16N4O2. The van der Waals surface area contributed by atoms with Gasteiger partial charge < -0.3 is 20.0 Å². The summed E-state index contributed by atoms with van der Waals surface area (Å²) >= 11 is 0. The first-order chi connectivity index (χ1) is 7.63. The summed E-state index contributed by atoms with van der Waals surface area (Å²) in [6, 6.07) is 0. The van der Waals surface area contributed by atoms with Crippen LogP contribution >= 0.6 is 0 Å². The Hall–Kier alpha value is -1.43. The molecule has 0 aliphatic carbocycles. The van der Waals surface area contributed by atoms with Gasteiger partial charge in [0.15, 0.2) is 0 Å². The zero-order valence-electron chi connectivity index (χ0n) is 9.56. The fourth-order valence-electron chi connectivity index (χ4n) is 2.39. The second-order valence-corrected chi connectivity index (χ2v) is 4.25. The summed E-state index contributed by atoms with van der Waals surface area (Å²) in [7, 11) is 1.91. The van der Waals surface area contributed by atoms with Crippen molar-refractivity contribution in [2.24, 2.45) is 5.92 Å². The van der Waals surface area contributed by atoms with Gasteiger partial charge in [-0.15, -0.1) is 0 Å². The van der Waals surface area contributed by atoms with Gasteiger partial charge in [-0.3, -0.25) is 0 Å². The summed E-state index contributed by atoms with van der Waals surface area (Å²) in [5.74, 6) is 1.27. The van der Waals surface area contributed by atoms with E-state index in [0.29, 0.717) is 5.92 Å². The second kappa shape index (κ2) is 4.21. The van der Waals surface area contributed by atoms with Crippen molar-refractivity contribution in [1.82, 2.24) is 14.9 Å². The highest BCUT2D eigenvalue weighted by Gasteiger charge is 2.30. The Morgan fingerprint density at radius 2 is 2.44 bits per heavy atom. The number of imidazole rings is 1. The molecule has 0 aromatic carbocycles. The maximum Gasteiger partial charge on any atom is 0.385 e. The molecule has 88 valence electrons. The average molecular weight is 224 g/mol. The molecule has 6 nitrogen and oxygen atoms in total. The van der Waals surface area contributed by atoms with Gasteiger partial charge >= 0.3 is 5.82 Å². The molecule has 1 N–H and O–H groups in total. The molecule has 0 radical (unpaired) electrons. The minimum absolute atomic E-state index is 0.0401. The third-order valence-electron chi connectivity index (χ3n) is 3.15. The lowest BCUT2D eigenvalue weighted by molar-refractivity contribution is -0.390. The van der Waals surface area contributed by atoms with Gasteiger partial charge in [0, 0.05) is 19.9 Å². The molecule has 0 saturated carbocycles. The van der Waals surface area contributed by atoms with Crippen LogP contribution in [0, 0.1) is 23.0 Å². The summed E-state index contributed by atoms with van der Waals surface area (Å²) in [6.07, 6.45) is 1.81. The van der Waals surface area contributed by atoms with E-state index >= 15 is 0 Å². The topological polar surface area (TPSA) is 73.0 Å². The van der Waals surface area contributed by atoms with Crippen LogP contribution in [0.25, 0.3) is 0 Å². The minimum Gasteiger partial charge on any atom is -0.358 e. The van der Waals surface area contributed by atoms with E-state index in [9.17, 15) is 10.1 Å². The number of nitrogens with zero attached hydrogens (tertiary/aromatic N) is 3. The summed E-state index contributed by atoms with van der Waals surface area (Å²) in [6.45, 7) is 3.57. The maximum absolute atomic E-state index is 10.9. The van der Waals surface area contributed by atoms with Crippen LogP contribution in [-0.4, -0.2) is 28.1 Å². The van der Waals surface area contributed by atoms with Crippen molar-refractivity contribution < 1.29 is 4.92 Å². The van der Waals surface area contributed by atoms with Crippen molar-refractivity contribution >= 4 is 5.82 Å². The van der Waals surface area contributed by atoms with Crippen LogP contribution in [-0.2, 0) is 13.0 Å². The minimum atomic E-state index is -0.374. The summed E-state index contributed by atoms with van der Waals surface area (Å²) in [5, 5.41) is 14.0. The Balaban J connectivity index is 2.31. The average Bonchev–Trinajstić information content (AvgIpc) is 2.57. The standard InChI is InChI=1S/C10H16N4O2/c1-7-12-10(14(15)16)9-5-8(6-11-2)3-4-13(7)9/h8,11H,3-6H2,1-2H3. The first-order valence-corrected chi connectivity index (χ1v) is 5.48. The Morgan fingerprint density at radius 3 is 3.06 bits per heavy atom. The fourth-order valence-corrected chi connectivity index (χ4v) is 2.39. The fraction of sp³-hybridized carbons (Fsp3) is 0.700. The molecule has 2 rings (SSSR count). The number of fused-ring (bicyclic) bond motifs is 1. The van der Waals surface area contributed by atoms with Gasteiger partial charge in [-0.2, -0.15) is 0 Å². The Kier molecular flexibility index (Phi) is 2.91. The van der Waals surface area contributed by atoms with E-state index in [-0.39, 0.29) is 10.7 Å². The number of nitrogens with one attached hydrogen (secondary N) is 1. The maximum atomic E-state index is 10.9. The van der Waals surface area contributed by atoms with Crippen LogP contribution in [0.2, 0.25) is 0 Å². The third-order valence-corrected chi connectivity index (χ3v) is 3.15. The second-order valence-electron chi connectivity index (χ2n) is 4.25. The summed E-state index contributed by atoms with van der Waals surface area (Å²) in [5.41, 5.74) is 0.786. The molecule has 0 fully saturated rings. The molecule has 1 aliphatic heterocycles. The number of hydrogen-bond donors (Lipinski definition) is 1. The molecule has 6 heteroatoms. The number of nitro groups is 1. The Labute approximate surface area is 93.8 Å². The van der Waals surface area contributed by atoms with Crippen LogP contribution in [0.1, 0.15) is 17.9 Å². The first kappa shape index (κ1) is 11.1. The van der Waals surface area contributed by atoms with E-state index in [2.05, 4.69) is 10.3 Å². The van der Waals surface area contributed by atoms with Crippen molar-refractivity contribution in [1.29, 1.82) is 0 Å². The monoisotopic (exact) mass is 224 g/mol. The van der Waals surface area contributed by atoms with Gasteiger partial charge in [0.1, 0.15) is 5.69 Å². The van der Waals surface area contributed by atoms with E-state index in [4.69, 9.17) is 0 Å². The smallest absolute Gasteiger partial charge is 0.358 e. The van der Waals surface area contributed by atoms with E-state index < -0.39 is 0 Å². The molecule has 0 spiro atoms. The molecule has 0 bridgehead atoms. The number of hydrogen-bond acceptors (Lipinski definition) is 4. The normalized spacial score (nSPS) is 19.5. The highest BCUT2D eigenvalue weighted by molar-refractivity contribution is 5.31.